The zero-order chi connectivity index (χ0) is 8.55. The van der Waals surface area contributed by atoms with E-state index in [0.29, 0.717) is 16.8 Å². The third kappa shape index (κ3) is 0.780. The van der Waals surface area contributed by atoms with Crippen LogP contribution in [0.4, 0.5) is 5.69 Å². The molecule has 12 heavy (non-hydrogen) atoms. The molecule has 0 bridgehead atoms. The molecule has 0 amide bonds. The third-order valence-electron chi connectivity index (χ3n) is 1.78. The lowest BCUT2D eigenvalue weighted by Gasteiger charge is -1.97. The van der Waals surface area contributed by atoms with Crippen LogP contribution in [0.2, 0.25) is 0 Å². The number of H-pyrrole nitrogens is 1. The number of nitrogens with one attached hydrogen (secondary N) is 1. The number of aldehydes is 1. The number of aromatic nitrogens is 2. The fourth-order valence-corrected chi connectivity index (χ4v) is 1.17. The summed E-state index contributed by atoms with van der Waals surface area (Å²) in [5.74, 6) is 0. The number of aromatic amines is 1. The number of benzene rings is 1. The monoisotopic (exact) mass is 161 g/mol. The summed E-state index contributed by atoms with van der Waals surface area (Å²) in [6, 6.07) is 3.48. The van der Waals surface area contributed by atoms with Gasteiger partial charge in [0.2, 0.25) is 0 Å². The Bertz CT molecular complexity index is 433. The minimum atomic E-state index is 0.453. The van der Waals surface area contributed by atoms with Gasteiger partial charge in [-0.1, -0.05) is 0 Å². The Balaban J connectivity index is 2.91. The Hall–Kier alpha value is -1.84. The van der Waals surface area contributed by atoms with E-state index in [4.69, 9.17) is 5.73 Å². The minimum absolute atomic E-state index is 0.453. The highest BCUT2D eigenvalue weighted by molar-refractivity contribution is 5.99. The van der Waals surface area contributed by atoms with E-state index in [9.17, 15) is 4.79 Å². The SMILES string of the molecule is Nc1ccc2[nH]cnc2c1C=O. The van der Waals surface area contributed by atoms with Gasteiger partial charge in [-0.25, -0.2) is 4.98 Å². The summed E-state index contributed by atoms with van der Waals surface area (Å²) in [6.45, 7) is 0. The maximum absolute atomic E-state index is 10.6. The van der Waals surface area contributed by atoms with E-state index >= 15 is 0 Å². The summed E-state index contributed by atoms with van der Waals surface area (Å²) >= 11 is 0. The molecule has 0 aliphatic heterocycles. The average molecular weight is 161 g/mol. The van der Waals surface area contributed by atoms with E-state index in [1.807, 2.05) is 0 Å². The summed E-state index contributed by atoms with van der Waals surface area (Å²) in [6.07, 6.45) is 2.26. The van der Waals surface area contributed by atoms with Crippen LogP contribution in [0.1, 0.15) is 10.4 Å². The molecule has 3 N–H and O–H groups in total. The van der Waals surface area contributed by atoms with Gasteiger partial charge >= 0.3 is 0 Å². The Kier molecular flexibility index (Phi) is 1.33. The highest BCUT2D eigenvalue weighted by Gasteiger charge is 2.05. The van der Waals surface area contributed by atoms with Crippen LogP contribution in [0.25, 0.3) is 11.0 Å². The van der Waals surface area contributed by atoms with Crippen LogP contribution in [0.15, 0.2) is 18.5 Å². The van der Waals surface area contributed by atoms with E-state index < -0.39 is 0 Å². The molecule has 0 saturated heterocycles. The van der Waals surface area contributed by atoms with Crippen molar-refractivity contribution in [3.63, 3.8) is 0 Å². The fraction of sp³-hybridized carbons (Fsp3) is 0. The van der Waals surface area contributed by atoms with Crippen molar-refractivity contribution in [1.82, 2.24) is 9.97 Å². The van der Waals surface area contributed by atoms with Gasteiger partial charge in [0, 0.05) is 5.69 Å². The van der Waals surface area contributed by atoms with Crippen molar-refractivity contribution in [2.24, 2.45) is 0 Å². The fourth-order valence-electron chi connectivity index (χ4n) is 1.17. The summed E-state index contributed by atoms with van der Waals surface area (Å²) < 4.78 is 0. The maximum Gasteiger partial charge on any atom is 0.154 e. The van der Waals surface area contributed by atoms with Gasteiger partial charge in [-0.05, 0) is 12.1 Å². The molecule has 1 aromatic carbocycles. The molecule has 0 atom stereocenters. The molecule has 0 spiro atoms. The van der Waals surface area contributed by atoms with Crippen LogP contribution in [0, 0.1) is 0 Å². The van der Waals surface area contributed by atoms with Crippen LogP contribution in [0.3, 0.4) is 0 Å². The first-order valence-electron chi connectivity index (χ1n) is 3.49. The molecule has 2 aromatic rings. The first-order valence-corrected chi connectivity index (χ1v) is 3.49. The second kappa shape index (κ2) is 2.34. The molecule has 4 nitrogen and oxygen atoms in total. The normalized spacial score (nSPS) is 10.3. The Labute approximate surface area is 68.4 Å². The molecule has 60 valence electrons. The maximum atomic E-state index is 10.6. The molecular formula is C8H7N3O. The number of anilines is 1. The number of rotatable bonds is 1. The lowest BCUT2D eigenvalue weighted by Crippen LogP contribution is -1.93. The number of imidazole rings is 1. The van der Waals surface area contributed by atoms with Crippen molar-refractivity contribution in [2.75, 3.05) is 5.73 Å². The third-order valence-corrected chi connectivity index (χ3v) is 1.78. The van der Waals surface area contributed by atoms with E-state index in [0.717, 1.165) is 11.8 Å². The van der Waals surface area contributed by atoms with Gasteiger partial charge in [0.1, 0.15) is 5.52 Å². The average Bonchev–Trinajstić information content (AvgIpc) is 2.52. The lowest BCUT2D eigenvalue weighted by molar-refractivity contribution is 0.112. The Morgan fingerprint density at radius 2 is 2.33 bits per heavy atom. The lowest BCUT2D eigenvalue weighted by atomic mass is 10.1. The standard InChI is InChI=1S/C8H7N3O/c9-6-1-2-7-8(5(6)3-12)11-4-10-7/h1-4H,9H2,(H,10,11). The van der Waals surface area contributed by atoms with Gasteiger partial charge in [-0.15, -0.1) is 0 Å². The molecule has 1 heterocycles. The topological polar surface area (TPSA) is 71.8 Å². The second-order valence-electron chi connectivity index (χ2n) is 2.49. The first-order chi connectivity index (χ1) is 5.83. The van der Waals surface area contributed by atoms with Gasteiger partial charge in [0.25, 0.3) is 0 Å². The number of hydrogen-bond donors (Lipinski definition) is 2. The molecule has 0 fully saturated rings. The second-order valence-corrected chi connectivity index (χ2v) is 2.49. The zero-order valence-electron chi connectivity index (χ0n) is 6.24. The summed E-state index contributed by atoms with van der Waals surface area (Å²) in [4.78, 5) is 17.5. The van der Waals surface area contributed by atoms with Crippen molar-refractivity contribution >= 4 is 23.0 Å². The van der Waals surface area contributed by atoms with Crippen LogP contribution >= 0.6 is 0 Å². The molecule has 1 aromatic heterocycles. The van der Waals surface area contributed by atoms with Gasteiger partial charge in [-0.2, -0.15) is 0 Å². The number of nitrogen functional groups attached to an aromatic ring is 1. The predicted molar refractivity (Wildman–Crippen MR) is 45.9 cm³/mol. The van der Waals surface area contributed by atoms with Crippen molar-refractivity contribution in [1.29, 1.82) is 0 Å². The Morgan fingerprint density at radius 1 is 1.50 bits per heavy atom. The summed E-state index contributed by atoms with van der Waals surface area (Å²) in [5, 5.41) is 0. The van der Waals surface area contributed by atoms with Crippen LogP contribution in [0.5, 0.6) is 0 Å². The van der Waals surface area contributed by atoms with Crippen molar-refractivity contribution < 1.29 is 4.79 Å². The molecule has 0 saturated carbocycles. The predicted octanol–water partition coefficient (Wildman–Crippen LogP) is 0.958. The van der Waals surface area contributed by atoms with E-state index in [1.165, 1.54) is 6.33 Å². The Morgan fingerprint density at radius 3 is 3.08 bits per heavy atom. The van der Waals surface area contributed by atoms with Gasteiger partial charge < -0.3 is 10.7 Å². The minimum Gasteiger partial charge on any atom is -0.398 e. The zero-order valence-corrected chi connectivity index (χ0v) is 6.24. The van der Waals surface area contributed by atoms with Gasteiger partial charge in [0.15, 0.2) is 6.29 Å². The molecular weight excluding hydrogens is 154 g/mol. The molecule has 2 rings (SSSR count). The highest BCUT2D eigenvalue weighted by Crippen LogP contribution is 2.18. The van der Waals surface area contributed by atoms with E-state index in [1.54, 1.807) is 12.1 Å². The highest BCUT2D eigenvalue weighted by atomic mass is 16.1. The number of hydrogen-bond acceptors (Lipinski definition) is 3. The molecule has 0 radical (unpaired) electrons. The molecule has 0 unspecified atom stereocenters. The quantitative estimate of drug-likeness (QED) is 0.483. The van der Waals surface area contributed by atoms with Crippen LogP contribution < -0.4 is 5.73 Å². The summed E-state index contributed by atoms with van der Waals surface area (Å²) in [5.41, 5.74) is 7.94. The van der Waals surface area contributed by atoms with Crippen molar-refractivity contribution in [3.05, 3.63) is 24.0 Å². The van der Waals surface area contributed by atoms with E-state index in [-0.39, 0.29) is 0 Å². The number of nitrogens with zero attached hydrogens (tertiary/aromatic N) is 1. The van der Waals surface area contributed by atoms with Gasteiger partial charge in [0.05, 0.1) is 17.4 Å². The van der Waals surface area contributed by atoms with E-state index in [2.05, 4.69) is 9.97 Å². The number of fused-ring (bicyclic) bond motifs is 1. The van der Waals surface area contributed by atoms with Crippen LogP contribution in [-0.2, 0) is 0 Å². The van der Waals surface area contributed by atoms with Gasteiger partial charge in [-0.3, -0.25) is 4.79 Å². The van der Waals surface area contributed by atoms with Crippen LogP contribution in [-0.4, -0.2) is 16.3 Å². The molecule has 0 aliphatic carbocycles. The molecule has 0 aliphatic rings. The molecule has 4 heteroatoms. The largest absolute Gasteiger partial charge is 0.398 e. The number of carbonyl (C=O) groups excluding carboxylic acids is 1. The van der Waals surface area contributed by atoms with Crippen molar-refractivity contribution in [2.45, 2.75) is 0 Å². The smallest absolute Gasteiger partial charge is 0.154 e. The number of nitrogens with two attached hydrogens (primary N) is 1. The number of carbonyl (C=O) groups is 1. The summed E-state index contributed by atoms with van der Waals surface area (Å²) in [7, 11) is 0. The van der Waals surface area contributed by atoms with Crippen molar-refractivity contribution in [3.8, 4) is 0 Å². The first kappa shape index (κ1) is 6.84.